The molecule has 0 aliphatic carbocycles. The van der Waals surface area contributed by atoms with Crippen LogP contribution < -0.4 is 16.0 Å². The summed E-state index contributed by atoms with van der Waals surface area (Å²) in [6.07, 6.45) is -0.0623. The lowest BCUT2D eigenvalue weighted by Gasteiger charge is -2.09. The van der Waals surface area contributed by atoms with Crippen molar-refractivity contribution in [3.63, 3.8) is 0 Å². The molecule has 22 heavy (non-hydrogen) atoms. The second kappa shape index (κ2) is 6.26. The SMILES string of the molecule is Cc1ccc(Nc2[nH+]c(N)c(C#N)c(CC#N)c2C#N)cc1. The zero-order valence-corrected chi connectivity index (χ0v) is 11.9. The fourth-order valence-corrected chi connectivity index (χ4v) is 2.08. The van der Waals surface area contributed by atoms with Gasteiger partial charge in [-0.3, -0.25) is 5.32 Å². The number of nitrogens with one attached hydrogen (secondary N) is 2. The van der Waals surface area contributed by atoms with Gasteiger partial charge in [-0.1, -0.05) is 17.7 Å². The first-order chi connectivity index (χ1) is 10.6. The van der Waals surface area contributed by atoms with Crippen molar-refractivity contribution in [2.24, 2.45) is 0 Å². The molecule has 0 aliphatic heterocycles. The topological polar surface area (TPSA) is 124 Å². The van der Waals surface area contributed by atoms with Crippen LogP contribution >= 0.6 is 0 Å². The van der Waals surface area contributed by atoms with E-state index >= 15 is 0 Å². The molecule has 0 atom stereocenters. The molecule has 0 spiro atoms. The number of aromatic amines is 1. The van der Waals surface area contributed by atoms with Crippen molar-refractivity contribution in [2.45, 2.75) is 13.3 Å². The minimum absolute atomic E-state index is 0.0623. The number of hydrogen-bond donors (Lipinski definition) is 2. The normalized spacial score (nSPS) is 9.36. The summed E-state index contributed by atoms with van der Waals surface area (Å²) in [6, 6.07) is 13.5. The van der Waals surface area contributed by atoms with Crippen molar-refractivity contribution < 1.29 is 4.98 Å². The molecule has 0 aliphatic rings. The van der Waals surface area contributed by atoms with E-state index in [0.717, 1.165) is 11.3 Å². The van der Waals surface area contributed by atoms with Gasteiger partial charge in [0.05, 0.1) is 18.2 Å². The van der Waals surface area contributed by atoms with Crippen LogP contribution in [0.5, 0.6) is 0 Å². The maximum atomic E-state index is 9.39. The molecule has 6 nitrogen and oxygen atoms in total. The van der Waals surface area contributed by atoms with E-state index in [-0.39, 0.29) is 23.4 Å². The molecule has 1 aromatic heterocycles. The van der Waals surface area contributed by atoms with Crippen LogP contribution in [0, 0.1) is 40.9 Å². The molecule has 0 bridgehead atoms. The number of aromatic nitrogens is 1. The summed E-state index contributed by atoms with van der Waals surface area (Å²) in [7, 11) is 0. The Morgan fingerprint density at radius 3 is 2.27 bits per heavy atom. The summed E-state index contributed by atoms with van der Waals surface area (Å²) in [5, 5.41) is 30.5. The first-order valence-corrected chi connectivity index (χ1v) is 6.49. The first kappa shape index (κ1) is 14.8. The number of benzene rings is 1. The lowest BCUT2D eigenvalue weighted by atomic mass is 10.0. The van der Waals surface area contributed by atoms with E-state index < -0.39 is 0 Å². The van der Waals surface area contributed by atoms with E-state index in [0.29, 0.717) is 11.4 Å². The molecule has 0 unspecified atom stereocenters. The summed E-state index contributed by atoms with van der Waals surface area (Å²) in [5.41, 5.74) is 8.39. The van der Waals surface area contributed by atoms with E-state index in [2.05, 4.69) is 10.3 Å². The van der Waals surface area contributed by atoms with Gasteiger partial charge in [0.15, 0.2) is 0 Å². The predicted molar refractivity (Wildman–Crippen MR) is 80.6 cm³/mol. The van der Waals surface area contributed by atoms with Crippen LogP contribution in [-0.2, 0) is 6.42 Å². The van der Waals surface area contributed by atoms with Gasteiger partial charge in [0.25, 0.3) is 0 Å². The molecule has 6 heteroatoms. The van der Waals surface area contributed by atoms with Crippen LogP contribution in [0.2, 0.25) is 0 Å². The molecule has 2 aromatic rings. The maximum Gasteiger partial charge on any atom is 0.242 e. The molecule has 0 saturated heterocycles. The Morgan fingerprint density at radius 2 is 1.73 bits per heavy atom. The van der Waals surface area contributed by atoms with Gasteiger partial charge in [0.1, 0.15) is 23.3 Å². The van der Waals surface area contributed by atoms with Gasteiger partial charge in [0.2, 0.25) is 11.6 Å². The number of nitrogen functional groups attached to an aromatic ring is 1. The summed E-state index contributed by atoms with van der Waals surface area (Å²) >= 11 is 0. The van der Waals surface area contributed by atoms with Crippen molar-refractivity contribution in [1.29, 1.82) is 15.8 Å². The van der Waals surface area contributed by atoms with Crippen LogP contribution in [0.3, 0.4) is 0 Å². The summed E-state index contributed by atoms with van der Waals surface area (Å²) in [6.45, 7) is 1.97. The van der Waals surface area contributed by atoms with E-state index in [1.54, 1.807) is 0 Å². The molecule has 2 rings (SSSR count). The average molecular weight is 289 g/mol. The van der Waals surface area contributed by atoms with E-state index in [1.807, 2.05) is 49.4 Å². The number of H-pyrrole nitrogens is 1. The first-order valence-electron chi connectivity index (χ1n) is 6.49. The highest BCUT2D eigenvalue weighted by molar-refractivity contribution is 5.67. The van der Waals surface area contributed by atoms with Gasteiger partial charge in [-0.15, -0.1) is 0 Å². The Labute approximate surface area is 128 Å². The predicted octanol–water partition coefficient (Wildman–Crippen LogP) is 1.94. The molecule has 0 fully saturated rings. The summed E-state index contributed by atoms with van der Waals surface area (Å²) in [4.78, 5) is 2.82. The molecule has 1 aromatic carbocycles. The third-order valence-corrected chi connectivity index (χ3v) is 3.18. The van der Waals surface area contributed by atoms with Gasteiger partial charge in [0, 0.05) is 5.56 Å². The number of anilines is 3. The van der Waals surface area contributed by atoms with E-state index in [1.165, 1.54) is 0 Å². The number of nitriles is 3. The van der Waals surface area contributed by atoms with Crippen LogP contribution in [0.4, 0.5) is 17.3 Å². The fraction of sp³-hybridized carbons (Fsp3) is 0.125. The van der Waals surface area contributed by atoms with Gasteiger partial charge in [-0.2, -0.15) is 15.8 Å². The van der Waals surface area contributed by atoms with Crippen molar-refractivity contribution in [1.82, 2.24) is 0 Å². The lowest BCUT2D eigenvalue weighted by molar-refractivity contribution is -0.343. The Balaban J connectivity index is 2.57. The molecular weight excluding hydrogens is 276 g/mol. The van der Waals surface area contributed by atoms with Crippen LogP contribution in [0.1, 0.15) is 22.3 Å². The zero-order chi connectivity index (χ0) is 16.1. The smallest absolute Gasteiger partial charge is 0.242 e. The van der Waals surface area contributed by atoms with Crippen molar-refractivity contribution >= 4 is 17.3 Å². The minimum Gasteiger partial charge on any atom is -0.318 e. The second-order valence-electron chi connectivity index (χ2n) is 4.69. The van der Waals surface area contributed by atoms with Gasteiger partial charge in [-0.25, -0.2) is 4.98 Å². The van der Waals surface area contributed by atoms with Crippen LogP contribution in [-0.4, -0.2) is 0 Å². The third kappa shape index (κ3) is 2.80. The molecule has 0 amide bonds. The standard InChI is InChI=1S/C16H12N6/c1-10-2-4-11(5-3-10)21-16-14(9-19)12(6-7-17)13(8-18)15(20)22-16/h2-5H,6H2,1H3,(H3,20,21,22)/p+1. The minimum atomic E-state index is -0.0623. The number of nitrogens with zero attached hydrogens (tertiary/aromatic N) is 3. The number of rotatable bonds is 3. The monoisotopic (exact) mass is 289 g/mol. The van der Waals surface area contributed by atoms with E-state index in [4.69, 9.17) is 16.3 Å². The van der Waals surface area contributed by atoms with Gasteiger partial charge >= 0.3 is 0 Å². The quantitative estimate of drug-likeness (QED) is 0.893. The zero-order valence-electron chi connectivity index (χ0n) is 11.9. The third-order valence-electron chi connectivity index (χ3n) is 3.18. The number of nitrogens with two attached hydrogens (primary N) is 1. The van der Waals surface area contributed by atoms with Crippen LogP contribution in [0.25, 0.3) is 0 Å². The van der Waals surface area contributed by atoms with Crippen molar-refractivity contribution in [2.75, 3.05) is 11.1 Å². The highest BCUT2D eigenvalue weighted by Crippen LogP contribution is 2.24. The maximum absolute atomic E-state index is 9.39. The molecule has 106 valence electrons. The second-order valence-corrected chi connectivity index (χ2v) is 4.69. The van der Waals surface area contributed by atoms with Gasteiger partial charge in [-0.05, 0) is 19.1 Å². The van der Waals surface area contributed by atoms with E-state index in [9.17, 15) is 5.26 Å². The Hall–Kier alpha value is -3.56. The van der Waals surface area contributed by atoms with Crippen molar-refractivity contribution in [3.05, 3.63) is 46.5 Å². The number of pyridine rings is 1. The van der Waals surface area contributed by atoms with Crippen molar-refractivity contribution in [3.8, 4) is 18.2 Å². The number of aryl methyl sites for hydroxylation is 1. The largest absolute Gasteiger partial charge is 0.318 e. The molecule has 0 radical (unpaired) electrons. The summed E-state index contributed by atoms with van der Waals surface area (Å²) < 4.78 is 0. The number of hydrogen-bond acceptors (Lipinski definition) is 5. The Kier molecular flexibility index (Phi) is 4.22. The Morgan fingerprint density at radius 1 is 1.09 bits per heavy atom. The lowest BCUT2D eigenvalue weighted by Crippen LogP contribution is -2.21. The molecule has 0 saturated carbocycles. The Bertz CT molecular complexity index is 831. The fourth-order valence-electron chi connectivity index (χ4n) is 2.08. The summed E-state index contributed by atoms with van der Waals surface area (Å²) in [5.74, 6) is 0.495. The molecule has 1 heterocycles. The highest BCUT2D eigenvalue weighted by Gasteiger charge is 2.21. The molecular formula is C16H13N6+. The highest BCUT2D eigenvalue weighted by atomic mass is 15.0. The van der Waals surface area contributed by atoms with Crippen LogP contribution in [0.15, 0.2) is 24.3 Å². The molecule has 4 N–H and O–H groups in total. The average Bonchev–Trinajstić information content (AvgIpc) is 2.50. The van der Waals surface area contributed by atoms with Gasteiger partial charge < -0.3 is 5.73 Å².